The molecule has 1 aliphatic carbocycles. The van der Waals surface area contributed by atoms with Gasteiger partial charge in [-0.3, -0.25) is 4.79 Å². The SMILES string of the molecule is CN(C)c1nc2c(s1)CN(C(=O)c1nc3c([nH]1)=CCCC=3Cl)CC2. The molecule has 1 N–H and O–H groups in total. The van der Waals surface area contributed by atoms with Gasteiger partial charge in [-0.2, -0.15) is 0 Å². The van der Waals surface area contributed by atoms with Gasteiger partial charge in [0.25, 0.3) is 5.91 Å². The molecule has 0 atom stereocenters. The Kier molecular flexibility index (Phi) is 3.85. The monoisotopic (exact) mass is 363 g/mol. The van der Waals surface area contributed by atoms with E-state index in [1.165, 1.54) is 0 Å². The maximum absolute atomic E-state index is 12.8. The van der Waals surface area contributed by atoms with Crippen LogP contribution in [-0.4, -0.2) is 46.4 Å². The lowest BCUT2D eigenvalue weighted by Gasteiger charge is -2.25. The fourth-order valence-electron chi connectivity index (χ4n) is 3.00. The highest BCUT2D eigenvalue weighted by Crippen LogP contribution is 2.29. The molecule has 0 saturated heterocycles. The highest BCUT2D eigenvalue weighted by atomic mass is 35.5. The largest absolute Gasteiger partial charge is 0.354 e. The second-order valence-electron chi connectivity index (χ2n) is 6.23. The van der Waals surface area contributed by atoms with Crippen LogP contribution >= 0.6 is 22.9 Å². The van der Waals surface area contributed by atoms with Gasteiger partial charge in [-0.1, -0.05) is 29.0 Å². The fourth-order valence-corrected chi connectivity index (χ4v) is 4.30. The van der Waals surface area contributed by atoms with Crippen molar-refractivity contribution in [2.24, 2.45) is 0 Å². The number of carbonyl (C=O) groups excluding carboxylic acids is 1. The Labute approximate surface area is 148 Å². The molecule has 0 aromatic carbocycles. The minimum atomic E-state index is -0.0762. The molecule has 1 aliphatic heterocycles. The summed E-state index contributed by atoms with van der Waals surface area (Å²) in [5.41, 5.74) is 1.11. The average Bonchev–Trinajstić information content (AvgIpc) is 3.18. The van der Waals surface area contributed by atoms with Crippen molar-refractivity contribution in [1.29, 1.82) is 0 Å². The van der Waals surface area contributed by atoms with Gasteiger partial charge in [0.1, 0.15) is 5.35 Å². The zero-order valence-corrected chi connectivity index (χ0v) is 15.2. The molecular weight excluding hydrogens is 346 g/mol. The number of nitrogens with zero attached hydrogens (tertiary/aromatic N) is 4. The number of amides is 1. The van der Waals surface area contributed by atoms with E-state index in [4.69, 9.17) is 11.6 Å². The minimum absolute atomic E-state index is 0.0762. The van der Waals surface area contributed by atoms with Gasteiger partial charge >= 0.3 is 0 Å². The van der Waals surface area contributed by atoms with Crippen molar-refractivity contribution in [2.45, 2.75) is 25.8 Å². The van der Waals surface area contributed by atoms with Gasteiger partial charge in [0.05, 0.1) is 17.6 Å². The number of imidazole rings is 1. The molecular formula is C16H18ClN5OS. The van der Waals surface area contributed by atoms with E-state index in [1.54, 1.807) is 11.3 Å². The number of fused-ring (bicyclic) bond motifs is 2. The number of carbonyl (C=O) groups is 1. The Morgan fingerprint density at radius 3 is 2.96 bits per heavy atom. The van der Waals surface area contributed by atoms with E-state index in [9.17, 15) is 4.79 Å². The summed E-state index contributed by atoms with van der Waals surface area (Å²) in [5, 5.41) is 3.29. The number of thiazole rings is 1. The van der Waals surface area contributed by atoms with Gasteiger partial charge in [-0.25, -0.2) is 9.97 Å². The first-order valence-electron chi connectivity index (χ1n) is 7.93. The minimum Gasteiger partial charge on any atom is -0.354 e. The Morgan fingerprint density at radius 1 is 1.38 bits per heavy atom. The van der Waals surface area contributed by atoms with Crippen LogP contribution < -0.4 is 15.6 Å². The average molecular weight is 364 g/mol. The maximum Gasteiger partial charge on any atom is 0.290 e. The van der Waals surface area contributed by atoms with Gasteiger partial charge < -0.3 is 14.8 Å². The van der Waals surface area contributed by atoms with Crippen molar-refractivity contribution < 1.29 is 4.79 Å². The number of aromatic nitrogens is 3. The number of H-pyrrole nitrogens is 1. The summed E-state index contributed by atoms with van der Waals surface area (Å²) in [6.45, 7) is 1.25. The first-order chi connectivity index (χ1) is 11.5. The van der Waals surface area contributed by atoms with Gasteiger partial charge in [0.2, 0.25) is 0 Å². The first kappa shape index (κ1) is 15.7. The Bertz CT molecular complexity index is 929. The lowest BCUT2D eigenvalue weighted by Crippen LogP contribution is -2.36. The number of halogens is 1. The second kappa shape index (κ2) is 5.89. The summed E-state index contributed by atoms with van der Waals surface area (Å²) in [4.78, 5) is 30.0. The van der Waals surface area contributed by atoms with Crippen LogP contribution in [0.4, 0.5) is 5.13 Å². The van der Waals surface area contributed by atoms with Crippen molar-refractivity contribution in [3.05, 3.63) is 27.1 Å². The van der Waals surface area contributed by atoms with Crippen molar-refractivity contribution in [2.75, 3.05) is 25.5 Å². The van der Waals surface area contributed by atoms with E-state index < -0.39 is 0 Å². The van der Waals surface area contributed by atoms with Crippen molar-refractivity contribution in [1.82, 2.24) is 19.9 Å². The lowest BCUT2D eigenvalue weighted by atomic mass is 10.2. The standard InChI is InChI=1S/C16H18ClN5OS/c1-21(2)16-19-10-6-7-22(8-12(10)24-16)15(23)14-18-11-5-3-4-9(17)13(11)20-14/h5H,3-4,6-8H2,1-2H3,(H,18,20). The summed E-state index contributed by atoms with van der Waals surface area (Å²) in [5.74, 6) is 0.296. The van der Waals surface area contributed by atoms with Crippen LogP contribution in [0.1, 0.15) is 34.0 Å². The molecule has 2 aromatic heterocycles. The first-order valence-corrected chi connectivity index (χ1v) is 9.12. The molecule has 0 fully saturated rings. The fraction of sp³-hybridized carbons (Fsp3) is 0.438. The number of anilines is 1. The molecule has 4 rings (SSSR count). The van der Waals surface area contributed by atoms with Crippen molar-refractivity contribution in [3.8, 4) is 0 Å². The predicted octanol–water partition coefficient (Wildman–Crippen LogP) is 1.05. The number of nitrogens with one attached hydrogen (secondary N) is 1. The molecule has 0 spiro atoms. The van der Waals surface area contributed by atoms with Crippen LogP contribution in [0.2, 0.25) is 0 Å². The zero-order valence-electron chi connectivity index (χ0n) is 13.6. The normalized spacial score (nSPS) is 16.5. The third-order valence-electron chi connectivity index (χ3n) is 4.29. The molecule has 24 heavy (non-hydrogen) atoms. The number of rotatable bonds is 2. The topological polar surface area (TPSA) is 65.1 Å². The second-order valence-corrected chi connectivity index (χ2v) is 7.75. The van der Waals surface area contributed by atoms with Crippen LogP contribution in [0.25, 0.3) is 11.1 Å². The van der Waals surface area contributed by atoms with E-state index >= 15 is 0 Å². The summed E-state index contributed by atoms with van der Waals surface area (Å²) in [6.07, 6.45) is 4.49. The van der Waals surface area contributed by atoms with Crippen LogP contribution in [-0.2, 0) is 13.0 Å². The molecule has 6 nitrogen and oxygen atoms in total. The van der Waals surface area contributed by atoms with Gasteiger partial charge in [-0.05, 0) is 12.8 Å². The summed E-state index contributed by atoms with van der Waals surface area (Å²) in [6, 6.07) is 0. The van der Waals surface area contributed by atoms with Gasteiger partial charge in [-0.15, -0.1) is 0 Å². The van der Waals surface area contributed by atoms with E-state index in [0.29, 0.717) is 18.9 Å². The summed E-state index contributed by atoms with van der Waals surface area (Å²) in [7, 11) is 3.97. The quantitative estimate of drug-likeness (QED) is 0.866. The number of hydrogen-bond donors (Lipinski definition) is 1. The molecule has 0 bridgehead atoms. The van der Waals surface area contributed by atoms with E-state index in [2.05, 4.69) is 15.0 Å². The number of hydrogen-bond acceptors (Lipinski definition) is 5. The summed E-state index contributed by atoms with van der Waals surface area (Å²) < 4.78 is 0. The molecule has 126 valence electrons. The molecule has 0 radical (unpaired) electrons. The van der Waals surface area contributed by atoms with E-state index in [1.807, 2.05) is 30.0 Å². The molecule has 8 heteroatoms. The Morgan fingerprint density at radius 2 is 2.21 bits per heavy atom. The van der Waals surface area contributed by atoms with Crippen molar-refractivity contribution in [3.63, 3.8) is 0 Å². The molecule has 0 saturated carbocycles. The van der Waals surface area contributed by atoms with Crippen LogP contribution in [0.3, 0.4) is 0 Å². The predicted molar refractivity (Wildman–Crippen MR) is 95.7 cm³/mol. The van der Waals surface area contributed by atoms with E-state index in [-0.39, 0.29) is 5.91 Å². The van der Waals surface area contributed by atoms with Crippen LogP contribution in [0, 0.1) is 0 Å². The third kappa shape index (κ3) is 2.61. The van der Waals surface area contributed by atoms with Crippen LogP contribution in [0.15, 0.2) is 0 Å². The third-order valence-corrected chi connectivity index (χ3v) is 5.91. The smallest absolute Gasteiger partial charge is 0.290 e. The Hall–Kier alpha value is -1.86. The zero-order chi connectivity index (χ0) is 16.8. The maximum atomic E-state index is 12.8. The molecule has 2 aromatic rings. The Balaban J connectivity index is 1.61. The van der Waals surface area contributed by atoms with Crippen molar-refractivity contribution >= 4 is 45.1 Å². The van der Waals surface area contributed by atoms with Gasteiger partial charge in [0, 0.05) is 37.0 Å². The van der Waals surface area contributed by atoms with E-state index in [0.717, 1.165) is 50.7 Å². The summed E-state index contributed by atoms with van der Waals surface area (Å²) >= 11 is 7.87. The molecule has 1 amide bonds. The molecule has 0 unspecified atom stereocenters. The molecule has 3 heterocycles. The highest BCUT2D eigenvalue weighted by Gasteiger charge is 2.27. The highest BCUT2D eigenvalue weighted by molar-refractivity contribution is 7.15. The number of aromatic amines is 1. The van der Waals surface area contributed by atoms with Gasteiger partial charge in [0.15, 0.2) is 11.0 Å². The lowest BCUT2D eigenvalue weighted by molar-refractivity contribution is 0.0724. The molecule has 2 aliphatic rings. The van der Waals surface area contributed by atoms with Crippen LogP contribution in [0.5, 0.6) is 0 Å².